The van der Waals surface area contributed by atoms with Crippen LogP contribution in [0.2, 0.25) is 0 Å². The van der Waals surface area contributed by atoms with Gasteiger partial charge in [-0.25, -0.2) is 0 Å². The van der Waals surface area contributed by atoms with Crippen LogP contribution < -0.4 is 4.74 Å². The molecule has 0 N–H and O–H groups in total. The van der Waals surface area contributed by atoms with Gasteiger partial charge in [0.05, 0.1) is 0 Å². The Morgan fingerprint density at radius 1 is 1.06 bits per heavy atom. The molecule has 0 bridgehead atoms. The molecule has 0 saturated heterocycles. The SMILES string of the molecule is Cc1ccc(C2CCc3ccccc3O2)c(C)c1. The van der Waals surface area contributed by atoms with Crippen molar-refractivity contribution in [2.75, 3.05) is 0 Å². The van der Waals surface area contributed by atoms with E-state index in [4.69, 9.17) is 4.74 Å². The van der Waals surface area contributed by atoms with Crippen molar-refractivity contribution in [2.45, 2.75) is 32.8 Å². The summed E-state index contributed by atoms with van der Waals surface area (Å²) < 4.78 is 6.14. The zero-order valence-electron chi connectivity index (χ0n) is 10.9. The van der Waals surface area contributed by atoms with Crippen LogP contribution in [0.25, 0.3) is 0 Å². The van der Waals surface area contributed by atoms with E-state index in [1.165, 1.54) is 22.3 Å². The average Bonchev–Trinajstić information content (AvgIpc) is 2.38. The first kappa shape index (κ1) is 11.3. The number of hydrogen-bond acceptors (Lipinski definition) is 1. The summed E-state index contributed by atoms with van der Waals surface area (Å²) in [6.45, 7) is 4.31. The third-order valence-corrected chi connectivity index (χ3v) is 3.69. The summed E-state index contributed by atoms with van der Waals surface area (Å²) in [6.07, 6.45) is 2.38. The minimum absolute atomic E-state index is 0.209. The van der Waals surface area contributed by atoms with Gasteiger partial charge in [0.25, 0.3) is 0 Å². The van der Waals surface area contributed by atoms with Gasteiger partial charge in [0.15, 0.2) is 0 Å². The van der Waals surface area contributed by atoms with Gasteiger partial charge >= 0.3 is 0 Å². The molecule has 3 rings (SSSR count). The van der Waals surface area contributed by atoms with Gasteiger partial charge in [-0.1, -0.05) is 42.0 Å². The molecule has 0 aromatic heterocycles. The lowest BCUT2D eigenvalue weighted by atomic mass is 9.94. The summed E-state index contributed by atoms with van der Waals surface area (Å²) >= 11 is 0. The Kier molecular flexibility index (Phi) is 2.83. The van der Waals surface area contributed by atoms with E-state index in [1.807, 2.05) is 6.07 Å². The largest absolute Gasteiger partial charge is 0.485 e. The lowest BCUT2D eigenvalue weighted by molar-refractivity contribution is 0.176. The maximum atomic E-state index is 6.14. The van der Waals surface area contributed by atoms with Gasteiger partial charge in [0.2, 0.25) is 0 Å². The molecule has 92 valence electrons. The quantitative estimate of drug-likeness (QED) is 0.716. The van der Waals surface area contributed by atoms with Crippen molar-refractivity contribution in [1.29, 1.82) is 0 Å². The highest BCUT2D eigenvalue weighted by Gasteiger charge is 2.21. The molecule has 2 aromatic carbocycles. The van der Waals surface area contributed by atoms with Crippen molar-refractivity contribution >= 4 is 0 Å². The normalized spacial score (nSPS) is 18.0. The molecule has 0 amide bonds. The van der Waals surface area contributed by atoms with Gasteiger partial charge in [0.1, 0.15) is 11.9 Å². The number of rotatable bonds is 1. The summed E-state index contributed by atoms with van der Waals surface area (Å²) in [7, 11) is 0. The van der Waals surface area contributed by atoms with E-state index < -0.39 is 0 Å². The van der Waals surface area contributed by atoms with Gasteiger partial charge in [-0.15, -0.1) is 0 Å². The third-order valence-electron chi connectivity index (χ3n) is 3.69. The summed E-state index contributed by atoms with van der Waals surface area (Å²) in [4.78, 5) is 0. The van der Waals surface area contributed by atoms with Gasteiger partial charge in [-0.3, -0.25) is 0 Å². The molecule has 0 fully saturated rings. The number of benzene rings is 2. The van der Waals surface area contributed by atoms with E-state index in [0.717, 1.165) is 18.6 Å². The Labute approximate surface area is 108 Å². The summed E-state index contributed by atoms with van der Waals surface area (Å²) in [5, 5.41) is 0. The fraction of sp³-hybridized carbons (Fsp3) is 0.294. The molecule has 1 atom stereocenters. The number of fused-ring (bicyclic) bond motifs is 1. The first-order valence-corrected chi connectivity index (χ1v) is 6.56. The van der Waals surface area contributed by atoms with Crippen molar-refractivity contribution in [3.8, 4) is 5.75 Å². The van der Waals surface area contributed by atoms with Crippen LogP contribution in [-0.2, 0) is 6.42 Å². The minimum Gasteiger partial charge on any atom is -0.485 e. The molecule has 1 heterocycles. The highest BCUT2D eigenvalue weighted by atomic mass is 16.5. The Balaban J connectivity index is 1.92. The van der Waals surface area contributed by atoms with Crippen molar-refractivity contribution in [1.82, 2.24) is 0 Å². The molecule has 1 heteroatoms. The van der Waals surface area contributed by atoms with E-state index in [1.54, 1.807) is 0 Å². The summed E-state index contributed by atoms with van der Waals surface area (Å²) in [5.74, 6) is 1.05. The predicted molar refractivity (Wildman–Crippen MR) is 74.0 cm³/mol. The van der Waals surface area contributed by atoms with Crippen LogP contribution >= 0.6 is 0 Å². The van der Waals surface area contributed by atoms with E-state index in [2.05, 4.69) is 50.2 Å². The second-order valence-electron chi connectivity index (χ2n) is 5.11. The predicted octanol–water partition coefficient (Wildman–Crippen LogP) is 4.37. The summed E-state index contributed by atoms with van der Waals surface area (Å²) in [6, 6.07) is 15.0. The molecule has 0 saturated carbocycles. The Hall–Kier alpha value is -1.76. The number of ether oxygens (including phenoxy) is 1. The fourth-order valence-electron chi connectivity index (χ4n) is 2.73. The maximum absolute atomic E-state index is 6.14. The zero-order chi connectivity index (χ0) is 12.5. The molecule has 1 unspecified atom stereocenters. The molecule has 0 aliphatic carbocycles. The number of aryl methyl sites for hydroxylation is 3. The second kappa shape index (κ2) is 4.49. The first-order valence-electron chi connectivity index (χ1n) is 6.56. The van der Waals surface area contributed by atoms with E-state index in [0.29, 0.717) is 0 Å². The van der Waals surface area contributed by atoms with Crippen LogP contribution in [0, 0.1) is 13.8 Å². The Morgan fingerprint density at radius 3 is 2.72 bits per heavy atom. The third kappa shape index (κ3) is 2.01. The fourth-order valence-corrected chi connectivity index (χ4v) is 2.73. The maximum Gasteiger partial charge on any atom is 0.124 e. The van der Waals surface area contributed by atoms with Gasteiger partial charge in [-0.05, 0) is 49.4 Å². The molecular formula is C17H18O. The van der Waals surface area contributed by atoms with Crippen molar-refractivity contribution in [3.05, 3.63) is 64.7 Å². The molecule has 1 aliphatic heterocycles. The second-order valence-corrected chi connectivity index (χ2v) is 5.11. The number of para-hydroxylation sites is 1. The van der Waals surface area contributed by atoms with E-state index >= 15 is 0 Å². The number of hydrogen-bond donors (Lipinski definition) is 0. The molecule has 18 heavy (non-hydrogen) atoms. The van der Waals surface area contributed by atoms with Crippen LogP contribution in [0.5, 0.6) is 5.75 Å². The lowest BCUT2D eigenvalue weighted by Crippen LogP contribution is -2.16. The highest BCUT2D eigenvalue weighted by molar-refractivity contribution is 5.38. The molecule has 1 nitrogen and oxygen atoms in total. The standard InChI is InChI=1S/C17H18O/c1-12-7-9-15(13(2)11-12)17-10-8-14-5-3-4-6-16(14)18-17/h3-7,9,11,17H,8,10H2,1-2H3. The van der Waals surface area contributed by atoms with Crippen molar-refractivity contribution in [3.63, 3.8) is 0 Å². The zero-order valence-corrected chi connectivity index (χ0v) is 10.9. The molecule has 0 spiro atoms. The van der Waals surface area contributed by atoms with Gasteiger partial charge in [0, 0.05) is 0 Å². The summed E-state index contributed by atoms with van der Waals surface area (Å²) in [5.41, 5.74) is 5.31. The van der Waals surface area contributed by atoms with Crippen LogP contribution in [0.4, 0.5) is 0 Å². The van der Waals surface area contributed by atoms with Crippen LogP contribution in [-0.4, -0.2) is 0 Å². The monoisotopic (exact) mass is 238 g/mol. The van der Waals surface area contributed by atoms with Crippen LogP contribution in [0.3, 0.4) is 0 Å². The van der Waals surface area contributed by atoms with Crippen molar-refractivity contribution in [2.24, 2.45) is 0 Å². The van der Waals surface area contributed by atoms with E-state index in [9.17, 15) is 0 Å². The van der Waals surface area contributed by atoms with Crippen LogP contribution in [0.1, 0.15) is 34.8 Å². The Morgan fingerprint density at radius 2 is 1.89 bits per heavy atom. The highest BCUT2D eigenvalue weighted by Crippen LogP contribution is 2.35. The topological polar surface area (TPSA) is 9.23 Å². The first-order chi connectivity index (χ1) is 8.74. The molecular weight excluding hydrogens is 220 g/mol. The van der Waals surface area contributed by atoms with E-state index in [-0.39, 0.29) is 6.10 Å². The Bertz CT molecular complexity index is 572. The minimum atomic E-state index is 0.209. The van der Waals surface area contributed by atoms with Crippen LogP contribution in [0.15, 0.2) is 42.5 Å². The lowest BCUT2D eigenvalue weighted by Gasteiger charge is -2.27. The average molecular weight is 238 g/mol. The molecule has 0 radical (unpaired) electrons. The smallest absolute Gasteiger partial charge is 0.124 e. The van der Waals surface area contributed by atoms with Gasteiger partial charge < -0.3 is 4.74 Å². The molecule has 2 aromatic rings. The van der Waals surface area contributed by atoms with Gasteiger partial charge in [-0.2, -0.15) is 0 Å². The molecule has 1 aliphatic rings. The van der Waals surface area contributed by atoms with Crippen molar-refractivity contribution < 1.29 is 4.74 Å².